The van der Waals surface area contributed by atoms with E-state index in [1.54, 1.807) is 24.3 Å². The predicted molar refractivity (Wildman–Crippen MR) is 194 cm³/mol. The van der Waals surface area contributed by atoms with Gasteiger partial charge in [-0.05, 0) is 5.56 Å². The molecule has 23 heteroatoms. The molecule has 60 heavy (non-hydrogen) atoms. The molecule has 0 radical (unpaired) electrons. The number of amides is 2. The van der Waals surface area contributed by atoms with E-state index in [2.05, 4.69) is 5.32 Å². The van der Waals surface area contributed by atoms with Gasteiger partial charge in [0.25, 0.3) is 0 Å². The van der Waals surface area contributed by atoms with Crippen LogP contribution >= 0.6 is 0 Å². The Morgan fingerprint density at radius 3 is 1.58 bits per heavy atom. The van der Waals surface area contributed by atoms with Crippen LogP contribution in [0.3, 0.4) is 0 Å². The number of ether oxygens (including phenoxy) is 13. The third-order valence-electron chi connectivity index (χ3n) is 8.07. The molecule has 1 aromatic rings. The molecule has 2 saturated heterocycles. The molecule has 334 valence electrons. The van der Waals surface area contributed by atoms with E-state index < -0.39 is 123 Å². The van der Waals surface area contributed by atoms with Gasteiger partial charge in [0, 0.05) is 48.1 Å². The average Bonchev–Trinajstić information content (AvgIpc) is 3.15. The maximum Gasteiger partial charge on any atom is 0.407 e. The molecule has 0 spiro atoms. The van der Waals surface area contributed by atoms with Gasteiger partial charge in [-0.25, -0.2) is 9.59 Å². The van der Waals surface area contributed by atoms with Crippen LogP contribution in [0.25, 0.3) is 0 Å². The second kappa shape index (κ2) is 24.5. The summed E-state index contributed by atoms with van der Waals surface area (Å²) in [7, 11) is 0. The minimum Gasteiger partial charge on any atom is -0.463 e. The first-order chi connectivity index (χ1) is 28.4. The Morgan fingerprint density at radius 2 is 1.07 bits per heavy atom. The van der Waals surface area contributed by atoms with E-state index in [-0.39, 0.29) is 33.0 Å². The van der Waals surface area contributed by atoms with Crippen molar-refractivity contribution in [3.8, 4) is 0 Å². The molecule has 0 aliphatic carbocycles. The number of hydrogen-bond donors (Lipinski definition) is 2. The van der Waals surface area contributed by atoms with Crippen LogP contribution < -0.4 is 11.1 Å². The Balaban J connectivity index is 1.93. The minimum absolute atomic E-state index is 0.00335. The number of alkyl carbamates (subject to hydrolysis) is 1. The number of nitrogens with one attached hydrogen (secondary N) is 1. The highest BCUT2D eigenvalue weighted by atomic mass is 16.8. The highest BCUT2D eigenvalue weighted by Crippen LogP contribution is 2.35. The van der Waals surface area contributed by atoms with Gasteiger partial charge in [-0.1, -0.05) is 30.3 Å². The lowest BCUT2D eigenvalue weighted by atomic mass is 9.96. The molecule has 3 N–H and O–H groups in total. The van der Waals surface area contributed by atoms with E-state index in [1.165, 1.54) is 0 Å². The monoisotopic (exact) mass is 858 g/mol. The summed E-state index contributed by atoms with van der Waals surface area (Å²) in [6.07, 6.45) is -18.6. The van der Waals surface area contributed by atoms with Crippen LogP contribution in [-0.4, -0.2) is 149 Å². The van der Waals surface area contributed by atoms with E-state index in [0.717, 1.165) is 47.1 Å². The number of carbonyl (C=O) groups is 8. The van der Waals surface area contributed by atoms with Crippen molar-refractivity contribution in [3.63, 3.8) is 0 Å². The quantitative estimate of drug-likeness (QED) is 0.0998. The van der Waals surface area contributed by atoms with Gasteiger partial charge in [0.2, 0.25) is 0 Å². The smallest absolute Gasteiger partial charge is 0.407 e. The van der Waals surface area contributed by atoms with E-state index >= 15 is 0 Å². The van der Waals surface area contributed by atoms with Gasteiger partial charge in [-0.2, -0.15) is 0 Å². The number of hydrogen-bond acceptors (Lipinski definition) is 21. The van der Waals surface area contributed by atoms with E-state index in [4.69, 9.17) is 67.3 Å². The van der Waals surface area contributed by atoms with Crippen molar-refractivity contribution in [2.45, 2.75) is 110 Å². The molecule has 0 aromatic heterocycles. The van der Waals surface area contributed by atoms with Crippen LogP contribution in [0.4, 0.5) is 9.59 Å². The van der Waals surface area contributed by atoms with Crippen LogP contribution in [0.5, 0.6) is 0 Å². The van der Waals surface area contributed by atoms with Crippen LogP contribution in [0.15, 0.2) is 30.3 Å². The largest absolute Gasteiger partial charge is 0.463 e. The zero-order valence-electron chi connectivity index (χ0n) is 33.8. The maximum absolute atomic E-state index is 12.6. The van der Waals surface area contributed by atoms with Crippen molar-refractivity contribution < 1.29 is 99.9 Å². The fourth-order valence-electron chi connectivity index (χ4n) is 5.87. The van der Waals surface area contributed by atoms with Crippen molar-refractivity contribution in [1.82, 2.24) is 5.32 Å². The van der Waals surface area contributed by atoms with Crippen LogP contribution in [0.2, 0.25) is 0 Å². The molecule has 2 aliphatic rings. The SMILES string of the molecule is CC(=O)OC[C@@H]1O[C@H](OCCOCCNC(=O)OCc2ccccc2)[C@@H](O[C@H]2O[C@H](COC(C)=O)[C@@H](OC(C)=O)[C@@H](OC(N)=O)[C@@H]2OC(C)=O)[C@@H](OC(C)=O)[C@@H]1OC(C)=O. The molecular formula is C37H50N2O21. The zero-order valence-corrected chi connectivity index (χ0v) is 33.8. The molecule has 0 bridgehead atoms. The molecule has 23 nitrogen and oxygen atoms in total. The van der Waals surface area contributed by atoms with Crippen molar-refractivity contribution >= 4 is 48.0 Å². The maximum atomic E-state index is 12.6. The molecule has 2 heterocycles. The zero-order chi connectivity index (χ0) is 44.4. The van der Waals surface area contributed by atoms with Crippen molar-refractivity contribution in [2.24, 2.45) is 5.73 Å². The molecule has 2 fully saturated rings. The number of benzene rings is 1. The molecule has 1 aromatic carbocycles. The fourth-order valence-corrected chi connectivity index (χ4v) is 5.87. The summed E-state index contributed by atoms with van der Waals surface area (Å²) < 4.78 is 72.6. The summed E-state index contributed by atoms with van der Waals surface area (Å²) >= 11 is 0. The Labute approximate surface area is 343 Å². The third kappa shape index (κ3) is 16.6. The van der Waals surface area contributed by atoms with Gasteiger partial charge in [-0.3, -0.25) is 28.8 Å². The van der Waals surface area contributed by atoms with E-state index in [0.29, 0.717) is 0 Å². The Morgan fingerprint density at radius 1 is 0.567 bits per heavy atom. The van der Waals surface area contributed by atoms with Crippen molar-refractivity contribution in [1.29, 1.82) is 0 Å². The predicted octanol–water partition coefficient (Wildman–Crippen LogP) is 0.0979. The number of esters is 6. The first-order valence-electron chi connectivity index (χ1n) is 18.5. The average molecular weight is 859 g/mol. The summed E-state index contributed by atoms with van der Waals surface area (Å²) in [5, 5.41) is 2.54. The topological polar surface area (TPSA) is 295 Å². The van der Waals surface area contributed by atoms with E-state index in [9.17, 15) is 38.4 Å². The van der Waals surface area contributed by atoms with Crippen LogP contribution in [0.1, 0.15) is 47.1 Å². The first-order valence-corrected chi connectivity index (χ1v) is 18.5. The number of carbonyl (C=O) groups excluding carboxylic acids is 8. The van der Waals surface area contributed by atoms with Gasteiger partial charge in [-0.15, -0.1) is 0 Å². The summed E-state index contributed by atoms with van der Waals surface area (Å²) in [6.45, 7) is 4.79. The first kappa shape index (κ1) is 48.7. The highest BCUT2D eigenvalue weighted by molar-refractivity contribution is 5.69. The van der Waals surface area contributed by atoms with Crippen molar-refractivity contribution in [3.05, 3.63) is 35.9 Å². The summed E-state index contributed by atoms with van der Waals surface area (Å²) in [5.74, 6) is -5.23. The Hall–Kier alpha value is -5.62. The number of primary amides is 1. The van der Waals surface area contributed by atoms with Gasteiger partial charge >= 0.3 is 48.0 Å². The lowest BCUT2D eigenvalue weighted by molar-refractivity contribution is -0.368. The molecule has 2 amide bonds. The third-order valence-corrected chi connectivity index (χ3v) is 8.07. The van der Waals surface area contributed by atoms with Crippen molar-refractivity contribution in [2.75, 3.05) is 39.6 Å². The normalized spacial score (nSPS) is 26.0. The van der Waals surface area contributed by atoms with E-state index in [1.807, 2.05) is 6.07 Å². The second-order valence-corrected chi connectivity index (χ2v) is 13.0. The molecule has 0 unspecified atom stereocenters. The summed E-state index contributed by atoms with van der Waals surface area (Å²) in [4.78, 5) is 97.6. The van der Waals surface area contributed by atoms with Crippen LogP contribution in [-0.2, 0) is 97.0 Å². The van der Waals surface area contributed by atoms with Gasteiger partial charge in [0.15, 0.2) is 49.2 Å². The summed E-state index contributed by atoms with van der Waals surface area (Å²) in [5.41, 5.74) is 6.15. The lowest BCUT2D eigenvalue weighted by Crippen LogP contribution is -2.67. The van der Waals surface area contributed by atoms with Crippen LogP contribution in [0, 0.1) is 0 Å². The second-order valence-electron chi connectivity index (χ2n) is 13.0. The molecule has 2 aliphatic heterocycles. The standard InChI is InChI=1S/C37H50N2O21/c1-19(40)50-17-26-28(53-21(3)42)30(55-23(5)44)32(34(57-26)49-15-14-48-13-12-39-37(47)52-16-25-10-8-7-9-11-25)59-35-33(56-24(6)45)31(60-36(38)46)29(54-22(4)43)27(58-35)18-51-20(2)41/h7-11,26-35H,12-18H2,1-6H3,(H2,38,46)(H,39,47)/t26-,27+,28+,29+,30-,31+,32-,33-,34-,35+/m0/s1. The molecule has 10 atom stereocenters. The Kier molecular flexibility index (Phi) is 19.9. The van der Waals surface area contributed by atoms with Gasteiger partial charge in [0.1, 0.15) is 32.0 Å². The Bertz CT molecular complexity index is 1630. The number of rotatable bonds is 20. The molecular weight excluding hydrogens is 808 g/mol. The lowest BCUT2D eigenvalue weighted by Gasteiger charge is -2.48. The van der Waals surface area contributed by atoms with Gasteiger partial charge in [0.05, 0.1) is 19.8 Å². The highest BCUT2D eigenvalue weighted by Gasteiger charge is 2.57. The molecule has 3 rings (SSSR count). The fraction of sp³-hybridized carbons (Fsp3) is 0.622. The number of nitrogens with two attached hydrogens (primary N) is 1. The molecule has 0 saturated carbocycles. The van der Waals surface area contributed by atoms with Gasteiger partial charge < -0.3 is 72.6 Å². The summed E-state index contributed by atoms with van der Waals surface area (Å²) in [6, 6.07) is 9.03. The minimum atomic E-state index is -1.89.